The molecule has 3 aromatic rings. The van der Waals surface area contributed by atoms with E-state index >= 15 is 0 Å². The Morgan fingerprint density at radius 1 is 1.18 bits per heavy atom. The van der Waals surface area contributed by atoms with Crippen LogP contribution in [0.15, 0.2) is 39.2 Å². The minimum atomic E-state index is -0.277. The first-order valence-electron chi connectivity index (χ1n) is 5.32. The summed E-state index contributed by atoms with van der Waals surface area (Å²) in [5.41, 5.74) is 6.45. The summed E-state index contributed by atoms with van der Waals surface area (Å²) in [6.07, 6.45) is 0. The molecule has 5 heteroatoms. The zero-order valence-corrected chi connectivity index (χ0v) is 9.25. The number of para-hydroxylation sites is 1. The number of nitrogens with zero attached hydrogens (tertiary/aromatic N) is 2. The molecule has 0 aliphatic carbocycles. The molecule has 0 aliphatic rings. The van der Waals surface area contributed by atoms with Crippen molar-refractivity contribution >= 4 is 11.0 Å². The zero-order valence-electron chi connectivity index (χ0n) is 9.25. The van der Waals surface area contributed by atoms with Gasteiger partial charge in [0.05, 0.1) is 6.04 Å². The van der Waals surface area contributed by atoms with Crippen LogP contribution in [0.25, 0.3) is 22.6 Å². The van der Waals surface area contributed by atoms with E-state index < -0.39 is 0 Å². The van der Waals surface area contributed by atoms with Crippen molar-refractivity contribution in [3.8, 4) is 11.7 Å². The van der Waals surface area contributed by atoms with E-state index in [9.17, 15) is 0 Å². The maximum absolute atomic E-state index is 5.65. The van der Waals surface area contributed by atoms with E-state index in [0.29, 0.717) is 17.5 Å². The molecular weight excluding hydrogens is 218 g/mol. The largest absolute Gasteiger partial charge is 0.451 e. The molecule has 0 aliphatic heterocycles. The topological polar surface area (TPSA) is 78.1 Å². The molecule has 86 valence electrons. The van der Waals surface area contributed by atoms with Gasteiger partial charge in [0.15, 0.2) is 5.76 Å². The van der Waals surface area contributed by atoms with Gasteiger partial charge in [0.2, 0.25) is 5.89 Å². The van der Waals surface area contributed by atoms with Crippen LogP contribution < -0.4 is 5.73 Å². The number of hydrogen-bond acceptors (Lipinski definition) is 5. The van der Waals surface area contributed by atoms with Crippen LogP contribution in [-0.4, -0.2) is 10.2 Å². The summed E-state index contributed by atoms with van der Waals surface area (Å²) in [6.45, 7) is 1.79. The molecule has 1 unspecified atom stereocenters. The molecule has 0 spiro atoms. The number of nitrogens with two attached hydrogens (primary N) is 1. The van der Waals surface area contributed by atoms with Crippen LogP contribution in [0.3, 0.4) is 0 Å². The van der Waals surface area contributed by atoms with Crippen LogP contribution in [0.1, 0.15) is 18.9 Å². The van der Waals surface area contributed by atoms with Gasteiger partial charge in [0.1, 0.15) is 5.58 Å². The van der Waals surface area contributed by atoms with E-state index in [4.69, 9.17) is 14.6 Å². The van der Waals surface area contributed by atoms with Crippen LogP contribution in [-0.2, 0) is 0 Å². The average Bonchev–Trinajstić information content (AvgIpc) is 2.95. The first kappa shape index (κ1) is 10.0. The fourth-order valence-electron chi connectivity index (χ4n) is 1.61. The lowest BCUT2D eigenvalue weighted by Gasteiger charge is -1.93. The van der Waals surface area contributed by atoms with Crippen molar-refractivity contribution in [1.29, 1.82) is 0 Å². The van der Waals surface area contributed by atoms with E-state index in [2.05, 4.69) is 10.2 Å². The van der Waals surface area contributed by atoms with Gasteiger partial charge in [0.25, 0.3) is 5.89 Å². The van der Waals surface area contributed by atoms with Gasteiger partial charge in [0, 0.05) is 5.39 Å². The van der Waals surface area contributed by atoms with Crippen LogP contribution in [0.4, 0.5) is 0 Å². The predicted octanol–water partition coefficient (Wildman–Crippen LogP) is 2.50. The molecule has 0 radical (unpaired) electrons. The first-order valence-corrected chi connectivity index (χ1v) is 5.32. The third-order valence-corrected chi connectivity index (χ3v) is 2.47. The normalized spacial score (nSPS) is 13.1. The summed E-state index contributed by atoms with van der Waals surface area (Å²) in [6, 6.07) is 9.31. The summed E-state index contributed by atoms with van der Waals surface area (Å²) in [5, 5.41) is 8.78. The molecule has 2 aromatic heterocycles. The van der Waals surface area contributed by atoms with Crippen molar-refractivity contribution in [2.24, 2.45) is 5.73 Å². The van der Waals surface area contributed by atoms with Crippen molar-refractivity contribution < 1.29 is 8.83 Å². The predicted molar refractivity (Wildman–Crippen MR) is 62.1 cm³/mol. The number of hydrogen-bond donors (Lipinski definition) is 1. The van der Waals surface area contributed by atoms with Gasteiger partial charge in [-0.25, -0.2) is 0 Å². The fraction of sp³-hybridized carbons (Fsp3) is 0.167. The highest BCUT2D eigenvalue weighted by Gasteiger charge is 2.15. The molecule has 1 aromatic carbocycles. The lowest BCUT2D eigenvalue weighted by atomic mass is 10.2. The standard InChI is InChI=1S/C12H11N3O2/c1-7(13)11-14-15-12(17-11)10-6-8-4-2-3-5-9(8)16-10/h2-7H,13H2,1H3. The highest BCUT2D eigenvalue weighted by molar-refractivity contribution is 5.81. The van der Waals surface area contributed by atoms with E-state index in [1.807, 2.05) is 30.3 Å². The molecule has 1 atom stereocenters. The van der Waals surface area contributed by atoms with Gasteiger partial charge in [-0.2, -0.15) is 0 Å². The first-order chi connectivity index (χ1) is 8.24. The van der Waals surface area contributed by atoms with Gasteiger partial charge in [-0.05, 0) is 19.1 Å². The monoisotopic (exact) mass is 229 g/mol. The fourth-order valence-corrected chi connectivity index (χ4v) is 1.61. The lowest BCUT2D eigenvalue weighted by Crippen LogP contribution is -2.04. The Labute approximate surface area is 97.2 Å². The Hall–Kier alpha value is -2.14. The van der Waals surface area contributed by atoms with Gasteiger partial charge in [-0.15, -0.1) is 10.2 Å². The van der Waals surface area contributed by atoms with Crippen LogP contribution in [0.5, 0.6) is 0 Å². The molecule has 0 bridgehead atoms. The minimum absolute atomic E-state index is 0.277. The Kier molecular flexibility index (Phi) is 2.19. The number of rotatable bonds is 2. The summed E-state index contributed by atoms with van der Waals surface area (Å²) in [4.78, 5) is 0. The average molecular weight is 229 g/mol. The Morgan fingerprint density at radius 3 is 2.71 bits per heavy atom. The van der Waals surface area contributed by atoms with Crippen molar-refractivity contribution in [2.45, 2.75) is 13.0 Å². The second-order valence-corrected chi connectivity index (χ2v) is 3.88. The molecule has 0 saturated heterocycles. The van der Waals surface area contributed by atoms with E-state index in [1.54, 1.807) is 6.92 Å². The van der Waals surface area contributed by atoms with Crippen molar-refractivity contribution in [3.63, 3.8) is 0 Å². The summed E-state index contributed by atoms with van der Waals surface area (Å²) < 4.78 is 11.0. The molecule has 0 amide bonds. The lowest BCUT2D eigenvalue weighted by molar-refractivity contribution is 0.460. The Morgan fingerprint density at radius 2 is 2.00 bits per heavy atom. The second kappa shape index (κ2) is 3.71. The van der Waals surface area contributed by atoms with E-state index in [0.717, 1.165) is 11.0 Å². The van der Waals surface area contributed by atoms with Crippen LogP contribution in [0.2, 0.25) is 0 Å². The molecule has 0 fully saturated rings. The molecule has 0 saturated carbocycles. The molecular formula is C12H11N3O2. The van der Waals surface area contributed by atoms with Gasteiger partial charge in [-0.1, -0.05) is 18.2 Å². The van der Waals surface area contributed by atoms with Gasteiger partial charge >= 0.3 is 0 Å². The number of aromatic nitrogens is 2. The molecule has 2 heterocycles. The van der Waals surface area contributed by atoms with Crippen molar-refractivity contribution in [3.05, 3.63) is 36.2 Å². The maximum atomic E-state index is 5.65. The minimum Gasteiger partial charge on any atom is -0.451 e. The number of furan rings is 1. The van der Waals surface area contributed by atoms with Crippen LogP contribution in [0, 0.1) is 0 Å². The van der Waals surface area contributed by atoms with Crippen molar-refractivity contribution in [1.82, 2.24) is 10.2 Å². The quantitative estimate of drug-likeness (QED) is 0.730. The Balaban J connectivity index is 2.07. The number of benzene rings is 1. The maximum Gasteiger partial charge on any atom is 0.283 e. The second-order valence-electron chi connectivity index (χ2n) is 3.88. The van der Waals surface area contributed by atoms with Gasteiger partial charge in [-0.3, -0.25) is 0 Å². The highest BCUT2D eigenvalue weighted by Crippen LogP contribution is 2.27. The third-order valence-electron chi connectivity index (χ3n) is 2.47. The van der Waals surface area contributed by atoms with E-state index in [1.165, 1.54) is 0 Å². The van der Waals surface area contributed by atoms with E-state index in [-0.39, 0.29) is 6.04 Å². The SMILES string of the molecule is CC(N)c1nnc(-c2cc3ccccc3o2)o1. The highest BCUT2D eigenvalue weighted by atomic mass is 16.4. The van der Waals surface area contributed by atoms with Gasteiger partial charge < -0.3 is 14.6 Å². The third kappa shape index (κ3) is 1.70. The summed E-state index contributed by atoms with van der Waals surface area (Å²) >= 11 is 0. The number of fused-ring (bicyclic) bond motifs is 1. The zero-order chi connectivity index (χ0) is 11.8. The molecule has 5 nitrogen and oxygen atoms in total. The summed E-state index contributed by atoms with van der Waals surface area (Å²) in [5.74, 6) is 1.32. The smallest absolute Gasteiger partial charge is 0.283 e. The molecule has 2 N–H and O–H groups in total. The Bertz CT molecular complexity index is 621. The molecule has 17 heavy (non-hydrogen) atoms. The summed E-state index contributed by atoms with van der Waals surface area (Å²) in [7, 11) is 0. The van der Waals surface area contributed by atoms with Crippen molar-refractivity contribution in [2.75, 3.05) is 0 Å². The molecule has 3 rings (SSSR count). The van der Waals surface area contributed by atoms with Crippen LogP contribution >= 0.6 is 0 Å².